The molecule has 4 heterocycles. The lowest BCUT2D eigenvalue weighted by molar-refractivity contribution is 0.216. The van der Waals surface area contributed by atoms with Gasteiger partial charge in [-0.3, -0.25) is 9.69 Å². The molecule has 5 rings (SSSR count). The molecule has 1 aliphatic rings. The van der Waals surface area contributed by atoms with E-state index in [0.717, 1.165) is 51.3 Å². The van der Waals surface area contributed by atoms with Crippen LogP contribution in [-0.2, 0) is 19.5 Å². The molecule has 1 aliphatic heterocycles. The van der Waals surface area contributed by atoms with Crippen LogP contribution in [0.15, 0.2) is 61.0 Å². The predicted molar refractivity (Wildman–Crippen MR) is 113 cm³/mol. The molecular weight excluding hydrogens is 406 g/mol. The number of aromatic amines is 2. The van der Waals surface area contributed by atoms with Crippen LogP contribution in [0, 0.1) is 0 Å². The Morgan fingerprint density at radius 2 is 2.03 bits per heavy atom. The fourth-order valence-corrected chi connectivity index (χ4v) is 4.66. The largest absolute Gasteiger partial charge is 0.453 e. The number of fused-ring (bicyclic) bond motifs is 2. The van der Waals surface area contributed by atoms with Crippen molar-refractivity contribution in [3.8, 4) is 0 Å². The zero-order chi connectivity index (χ0) is 19.8. The number of thioether (sulfide) groups is 1. The lowest BCUT2D eigenvalue weighted by Gasteiger charge is -2.26. The highest BCUT2D eigenvalue weighted by Gasteiger charge is 2.22. The van der Waals surface area contributed by atoms with Gasteiger partial charge >= 0.3 is 0 Å². The fourth-order valence-electron chi connectivity index (χ4n) is 3.48. The summed E-state index contributed by atoms with van der Waals surface area (Å²) in [6.45, 7) is 2.09. The molecule has 0 saturated carbocycles. The lowest BCUT2D eigenvalue weighted by atomic mass is 10.1. The molecular formula is C20H19N5O2S2. The Kier molecular flexibility index (Phi) is 4.94. The summed E-state index contributed by atoms with van der Waals surface area (Å²) in [6.07, 6.45) is 2.69. The van der Waals surface area contributed by atoms with Gasteiger partial charge in [0, 0.05) is 19.5 Å². The third-order valence-corrected chi connectivity index (χ3v) is 6.29. The number of para-hydroxylation sites is 2. The summed E-state index contributed by atoms with van der Waals surface area (Å²) in [5, 5.41) is 2.28. The minimum Gasteiger partial charge on any atom is -0.453 e. The number of benzene rings is 1. The first kappa shape index (κ1) is 18.5. The number of imidazole rings is 1. The molecule has 0 saturated heterocycles. The van der Waals surface area contributed by atoms with Crippen molar-refractivity contribution in [2.75, 3.05) is 12.8 Å². The van der Waals surface area contributed by atoms with Crippen LogP contribution in [0.25, 0.3) is 11.0 Å². The first-order valence-corrected chi connectivity index (χ1v) is 11.3. The zero-order valence-electron chi connectivity index (χ0n) is 15.8. The molecule has 29 heavy (non-hydrogen) atoms. The Labute approximate surface area is 175 Å². The van der Waals surface area contributed by atoms with Gasteiger partial charge in [-0.1, -0.05) is 23.9 Å². The summed E-state index contributed by atoms with van der Waals surface area (Å²) < 4.78 is 6.00. The minimum absolute atomic E-state index is 0.0374. The van der Waals surface area contributed by atoms with E-state index in [9.17, 15) is 4.79 Å². The Morgan fingerprint density at radius 3 is 2.90 bits per heavy atom. The molecule has 0 atom stereocenters. The van der Waals surface area contributed by atoms with Gasteiger partial charge in [0.2, 0.25) is 0 Å². The van der Waals surface area contributed by atoms with E-state index in [1.807, 2.05) is 42.7 Å². The molecule has 9 heteroatoms. The van der Waals surface area contributed by atoms with Crippen molar-refractivity contribution in [3.05, 3.63) is 63.8 Å². The predicted octanol–water partition coefficient (Wildman–Crippen LogP) is 3.67. The Hall–Kier alpha value is -2.49. The maximum atomic E-state index is 12.4. The maximum absolute atomic E-state index is 12.4. The van der Waals surface area contributed by atoms with Gasteiger partial charge in [0.05, 0.1) is 28.8 Å². The van der Waals surface area contributed by atoms with E-state index < -0.39 is 0 Å². The van der Waals surface area contributed by atoms with Gasteiger partial charge in [-0.25, -0.2) is 9.97 Å². The minimum atomic E-state index is -0.0374. The maximum Gasteiger partial charge on any atom is 0.256 e. The number of nitrogens with one attached hydrogen (secondary N) is 2. The van der Waals surface area contributed by atoms with E-state index >= 15 is 0 Å². The number of nitrogens with zero attached hydrogens (tertiary/aromatic N) is 3. The smallest absolute Gasteiger partial charge is 0.256 e. The van der Waals surface area contributed by atoms with Crippen molar-refractivity contribution in [1.82, 2.24) is 24.8 Å². The number of hydrogen-bond donors (Lipinski definition) is 2. The quantitative estimate of drug-likeness (QED) is 0.372. The highest BCUT2D eigenvalue weighted by Crippen LogP contribution is 2.29. The molecule has 0 spiro atoms. The summed E-state index contributed by atoms with van der Waals surface area (Å²) in [5.41, 5.74) is 3.59. The van der Waals surface area contributed by atoms with Crippen LogP contribution in [0.1, 0.15) is 17.0 Å². The summed E-state index contributed by atoms with van der Waals surface area (Å²) in [5.74, 6) is 0.872. The van der Waals surface area contributed by atoms with E-state index in [4.69, 9.17) is 4.42 Å². The SMILES string of the molecule is CSc1nc2c(c(=O)[nH]1)CN(Cc1ccc(Sc3nc4ccccc4[nH]3)o1)CC2. The molecule has 0 aliphatic carbocycles. The Morgan fingerprint density at radius 1 is 1.14 bits per heavy atom. The Balaban J connectivity index is 1.27. The first-order valence-electron chi connectivity index (χ1n) is 9.27. The number of rotatable bonds is 5. The molecule has 4 aromatic rings. The fraction of sp³-hybridized carbons (Fsp3) is 0.250. The first-order chi connectivity index (χ1) is 14.2. The van der Waals surface area contributed by atoms with E-state index in [1.165, 1.54) is 23.5 Å². The van der Waals surface area contributed by atoms with Crippen LogP contribution in [0.4, 0.5) is 0 Å². The summed E-state index contributed by atoms with van der Waals surface area (Å²) in [7, 11) is 0. The van der Waals surface area contributed by atoms with Crippen molar-refractivity contribution < 1.29 is 4.42 Å². The zero-order valence-corrected chi connectivity index (χ0v) is 17.4. The van der Waals surface area contributed by atoms with E-state index in [0.29, 0.717) is 18.2 Å². The number of furan rings is 1. The van der Waals surface area contributed by atoms with Gasteiger partial charge in [0.25, 0.3) is 5.56 Å². The normalized spacial score (nSPS) is 14.4. The van der Waals surface area contributed by atoms with Crippen LogP contribution in [-0.4, -0.2) is 37.6 Å². The van der Waals surface area contributed by atoms with Crippen molar-refractivity contribution in [2.24, 2.45) is 0 Å². The van der Waals surface area contributed by atoms with Crippen molar-refractivity contribution in [2.45, 2.75) is 34.9 Å². The van der Waals surface area contributed by atoms with Crippen molar-refractivity contribution in [3.63, 3.8) is 0 Å². The molecule has 0 fully saturated rings. The number of hydrogen-bond acceptors (Lipinski definition) is 7. The molecule has 2 N–H and O–H groups in total. The van der Waals surface area contributed by atoms with Gasteiger partial charge in [-0.2, -0.15) is 0 Å². The second-order valence-electron chi connectivity index (χ2n) is 6.84. The standard InChI is InChI=1S/C20H19N5O2S2/c1-28-19-21-14-8-9-25(11-13(14)18(26)24-19)10-12-6-7-17(27-12)29-20-22-15-4-2-3-5-16(15)23-20/h2-7H,8-11H2,1H3,(H,22,23)(H,21,24,26). The van der Waals surface area contributed by atoms with E-state index in [-0.39, 0.29) is 5.56 Å². The van der Waals surface area contributed by atoms with Gasteiger partial charge in [0.1, 0.15) is 5.76 Å². The molecule has 3 aromatic heterocycles. The van der Waals surface area contributed by atoms with E-state index in [2.05, 4.69) is 24.8 Å². The van der Waals surface area contributed by atoms with Gasteiger partial charge in [0.15, 0.2) is 15.4 Å². The third-order valence-electron chi connectivity index (χ3n) is 4.90. The molecule has 0 amide bonds. The van der Waals surface area contributed by atoms with E-state index in [1.54, 1.807) is 0 Å². The van der Waals surface area contributed by atoms with Crippen molar-refractivity contribution >= 4 is 34.6 Å². The molecule has 0 bridgehead atoms. The van der Waals surface area contributed by atoms with Gasteiger partial charge in [-0.05, 0) is 42.3 Å². The second-order valence-corrected chi connectivity index (χ2v) is 8.63. The van der Waals surface area contributed by atoms with Crippen LogP contribution in [0.5, 0.6) is 0 Å². The van der Waals surface area contributed by atoms with Crippen LogP contribution < -0.4 is 5.56 Å². The van der Waals surface area contributed by atoms with Gasteiger partial charge in [-0.15, -0.1) is 0 Å². The molecule has 0 radical (unpaired) electrons. The highest BCUT2D eigenvalue weighted by molar-refractivity contribution is 7.99. The second kappa shape index (κ2) is 7.74. The van der Waals surface area contributed by atoms with Crippen LogP contribution in [0.2, 0.25) is 0 Å². The summed E-state index contributed by atoms with van der Waals surface area (Å²) in [6, 6.07) is 11.9. The lowest BCUT2D eigenvalue weighted by Crippen LogP contribution is -2.35. The molecule has 1 aromatic carbocycles. The molecule has 0 unspecified atom stereocenters. The van der Waals surface area contributed by atoms with Crippen LogP contribution in [0.3, 0.4) is 0 Å². The number of H-pyrrole nitrogens is 2. The highest BCUT2D eigenvalue weighted by atomic mass is 32.2. The molecule has 148 valence electrons. The molecule has 7 nitrogen and oxygen atoms in total. The monoisotopic (exact) mass is 425 g/mol. The summed E-state index contributed by atoms with van der Waals surface area (Å²) >= 11 is 2.93. The third kappa shape index (κ3) is 3.85. The van der Waals surface area contributed by atoms with Crippen molar-refractivity contribution in [1.29, 1.82) is 0 Å². The average Bonchev–Trinajstić information content (AvgIpc) is 3.34. The summed E-state index contributed by atoms with van der Waals surface area (Å²) in [4.78, 5) is 29.8. The Bertz CT molecular complexity index is 1200. The number of aromatic nitrogens is 4. The average molecular weight is 426 g/mol. The van der Waals surface area contributed by atoms with Gasteiger partial charge < -0.3 is 14.4 Å². The topological polar surface area (TPSA) is 90.8 Å². The van der Waals surface area contributed by atoms with Crippen LogP contribution >= 0.6 is 23.5 Å².